The van der Waals surface area contributed by atoms with Gasteiger partial charge in [-0.3, -0.25) is 4.90 Å². The van der Waals surface area contributed by atoms with Gasteiger partial charge in [0.1, 0.15) is 0 Å². The van der Waals surface area contributed by atoms with Gasteiger partial charge < -0.3 is 10.4 Å². The van der Waals surface area contributed by atoms with Crippen LogP contribution in [0.3, 0.4) is 0 Å². The molecular formula is C23H28N2O3. The number of hydrogen-bond donors (Lipinski definition) is 2. The summed E-state index contributed by atoms with van der Waals surface area (Å²) < 4.78 is 0. The number of carboxylic acid groups (broad SMARTS) is 1. The highest BCUT2D eigenvalue weighted by Crippen LogP contribution is 2.25. The van der Waals surface area contributed by atoms with Crippen LogP contribution in [0.15, 0.2) is 48.5 Å². The molecule has 148 valence electrons. The van der Waals surface area contributed by atoms with Crippen molar-refractivity contribution in [2.45, 2.75) is 58.0 Å². The maximum atomic E-state index is 13.2. The molecule has 0 aromatic heterocycles. The highest BCUT2D eigenvalue weighted by molar-refractivity contribution is 5.93. The van der Waals surface area contributed by atoms with Crippen molar-refractivity contribution in [2.24, 2.45) is 0 Å². The molecule has 1 aliphatic carbocycles. The van der Waals surface area contributed by atoms with E-state index in [1.807, 2.05) is 30.3 Å². The molecule has 3 rings (SSSR count). The molecule has 0 spiro atoms. The smallest absolute Gasteiger partial charge is 0.335 e. The van der Waals surface area contributed by atoms with E-state index in [4.69, 9.17) is 0 Å². The van der Waals surface area contributed by atoms with Gasteiger partial charge in [-0.25, -0.2) is 9.59 Å². The molecule has 2 amide bonds. The first-order valence-electron chi connectivity index (χ1n) is 10.1. The lowest BCUT2D eigenvalue weighted by Gasteiger charge is -2.30. The van der Waals surface area contributed by atoms with E-state index in [-0.39, 0.29) is 17.6 Å². The largest absolute Gasteiger partial charge is 0.478 e. The Balaban J connectivity index is 1.88. The highest BCUT2D eigenvalue weighted by Gasteiger charge is 2.23. The molecule has 28 heavy (non-hydrogen) atoms. The second-order valence-corrected chi connectivity index (χ2v) is 7.36. The van der Waals surface area contributed by atoms with Gasteiger partial charge in [0.15, 0.2) is 0 Å². The van der Waals surface area contributed by atoms with Crippen LogP contribution in [-0.2, 0) is 13.0 Å². The number of para-hydroxylation sites is 1. The number of nitrogens with zero attached hydrogens (tertiary/aromatic N) is 1. The second kappa shape index (κ2) is 9.40. The number of carbonyl (C=O) groups excluding carboxylic acids is 1. The summed E-state index contributed by atoms with van der Waals surface area (Å²) in [5.74, 6) is -0.964. The molecule has 1 saturated carbocycles. The minimum absolute atomic E-state index is 0.117. The highest BCUT2D eigenvalue weighted by atomic mass is 16.4. The Morgan fingerprint density at radius 2 is 1.82 bits per heavy atom. The first-order valence-corrected chi connectivity index (χ1v) is 10.1. The van der Waals surface area contributed by atoms with Crippen LogP contribution in [0.1, 0.15) is 60.5 Å². The first-order chi connectivity index (χ1) is 13.6. The minimum Gasteiger partial charge on any atom is -0.478 e. The predicted octanol–water partition coefficient (Wildman–Crippen LogP) is 5.00. The van der Waals surface area contributed by atoms with Gasteiger partial charge in [0.25, 0.3) is 0 Å². The normalized spacial score (nSPS) is 14.5. The van der Waals surface area contributed by atoms with Gasteiger partial charge >= 0.3 is 12.0 Å². The Morgan fingerprint density at radius 3 is 2.54 bits per heavy atom. The Kier molecular flexibility index (Phi) is 6.69. The monoisotopic (exact) mass is 380 g/mol. The summed E-state index contributed by atoms with van der Waals surface area (Å²) in [6.45, 7) is 2.40. The number of carboxylic acids is 1. The number of nitrogens with one attached hydrogen (secondary N) is 1. The summed E-state index contributed by atoms with van der Waals surface area (Å²) in [5.41, 5.74) is 2.99. The third-order valence-corrected chi connectivity index (χ3v) is 5.36. The van der Waals surface area contributed by atoms with E-state index in [1.165, 1.54) is 6.42 Å². The van der Waals surface area contributed by atoms with Crippen LogP contribution in [0.4, 0.5) is 10.5 Å². The number of carbonyl (C=O) groups is 2. The summed E-state index contributed by atoms with van der Waals surface area (Å²) in [7, 11) is 0. The first kappa shape index (κ1) is 19.9. The predicted molar refractivity (Wildman–Crippen MR) is 111 cm³/mol. The van der Waals surface area contributed by atoms with Crippen molar-refractivity contribution < 1.29 is 14.7 Å². The molecule has 0 bridgehead atoms. The van der Waals surface area contributed by atoms with Gasteiger partial charge in [-0.1, -0.05) is 56.5 Å². The van der Waals surface area contributed by atoms with E-state index in [2.05, 4.69) is 12.2 Å². The molecule has 2 N–H and O–H groups in total. The summed E-state index contributed by atoms with van der Waals surface area (Å²) in [4.78, 5) is 26.3. The van der Waals surface area contributed by atoms with Crippen molar-refractivity contribution >= 4 is 17.7 Å². The number of rotatable bonds is 6. The number of benzene rings is 2. The number of anilines is 1. The van der Waals surface area contributed by atoms with E-state index < -0.39 is 5.97 Å². The lowest BCUT2D eigenvalue weighted by Crippen LogP contribution is -2.45. The molecule has 0 aliphatic heterocycles. The maximum Gasteiger partial charge on any atom is 0.335 e. The molecule has 5 heteroatoms. The zero-order valence-electron chi connectivity index (χ0n) is 16.4. The number of aromatic carboxylic acids is 1. The molecule has 5 nitrogen and oxygen atoms in total. The van der Waals surface area contributed by atoms with E-state index in [9.17, 15) is 14.7 Å². The fraction of sp³-hybridized carbons (Fsp3) is 0.391. The molecule has 1 aliphatic rings. The van der Waals surface area contributed by atoms with Crippen LogP contribution in [0, 0.1) is 0 Å². The third kappa shape index (κ3) is 4.91. The molecule has 2 aromatic carbocycles. The van der Waals surface area contributed by atoms with Gasteiger partial charge in [-0.2, -0.15) is 0 Å². The Bertz CT molecular complexity index is 828. The average Bonchev–Trinajstić information content (AvgIpc) is 2.73. The second-order valence-electron chi connectivity index (χ2n) is 7.36. The number of amides is 2. The number of urea groups is 1. The van der Waals surface area contributed by atoms with Crippen LogP contribution in [-0.4, -0.2) is 23.1 Å². The Hall–Kier alpha value is -2.82. The fourth-order valence-electron chi connectivity index (χ4n) is 3.82. The standard InChI is InChI=1S/C23H28N2O3/c1-2-18-10-6-7-14-21(18)25(23(28)24-20-12-4-3-5-13-20)16-17-9-8-11-19(15-17)22(26)27/h6-11,14-15,20H,2-5,12-13,16H2,1H3,(H,24,28)(H,26,27). The van der Waals surface area contributed by atoms with Gasteiger partial charge in [-0.05, 0) is 48.6 Å². The van der Waals surface area contributed by atoms with Crippen LogP contribution in [0.25, 0.3) is 0 Å². The lowest BCUT2D eigenvalue weighted by atomic mass is 9.96. The van der Waals surface area contributed by atoms with Crippen molar-refractivity contribution in [3.63, 3.8) is 0 Å². The van der Waals surface area contributed by atoms with Gasteiger partial charge in [0.05, 0.1) is 12.1 Å². The van der Waals surface area contributed by atoms with Crippen LogP contribution in [0.2, 0.25) is 0 Å². The third-order valence-electron chi connectivity index (χ3n) is 5.36. The molecule has 0 unspecified atom stereocenters. The van der Waals surface area contributed by atoms with Crippen molar-refractivity contribution in [1.29, 1.82) is 0 Å². The minimum atomic E-state index is -0.964. The number of hydrogen-bond acceptors (Lipinski definition) is 2. The topological polar surface area (TPSA) is 69.6 Å². The summed E-state index contributed by atoms with van der Waals surface area (Å²) >= 11 is 0. The Morgan fingerprint density at radius 1 is 1.07 bits per heavy atom. The summed E-state index contributed by atoms with van der Waals surface area (Å²) in [6, 6.07) is 14.8. The zero-order chi connectivity index (χ0) is 19.9. The van der Waals surface area contributed by atoms with Crippen molar-refractivity contribution in [2.75, 3.05) is 4.90 Å². The Labute approximate surface area is 166 Å². The number of aryl methyl sites for hydroxylation is 1. The van der Waals surface area contributed by atoms with Gasteiger partial charge in [0.2, 0.25) is 0 Å². The lowest BCUT2D eigenvalue weighted by molar-refractivity contribution is 0.0696. The molecule has 0 saturated heterocycles. The van der Waals surface area contributed by atoms with Gasteiger partial charge in [-0.15, -0.1) is 0 Å². The van der Waals surface area contributed by atoms with E-state index >= 15 is 0 Å². The van der Waals surface area contributed by atoms with E-state index in [0.717, 1.165) is 48.9 Å². The zero-order valence-corrected chi connectivity index (χ0v) is 16.4. The molecular weight excluding hydrogens is 352 g/mol. The van der Waals surface area contributed by atoms with Crippen LogP contribution in [0.5, 0.6) is 0 Å². The molecule has 0 heterocycles. The fourth-order valence-corrected chi connectivity index (χ4v) is 3.82. The molecule has 0 radical (unpaired) electrons. The quantitative estimate of drug-likeness (QED) is 0.741. The molecule has 0 atom stereocenters. The SMILES string of the molecule is CCc1ccccc1N(Cc1cccc(C(=O)O)c1)C(=O)NC1CCCCC1. The summed E-state index contributed by atoms with van der Waals surface area (Å²) in [6.07, 6.45) is 6.39. The van der Waals surface area contributed by atoms with Crippen molar-refractivity contribution in [3.8, 4) is 0 Å². The maximum absolute atomic E-state index is 13.2. The summed E-state index contributed by atoms with van der Waals surface area (Å²) in [5, 5.41) is 12.5. The van der Waals surface area contributed by atoms with Crippen molar-refractivity contribution in [1.82, 2.24) is 5.32 Å². The van der Waals surface area contributed by atoms with Gasteiger partial charge in [0, 0.05) is 11.7 Å². The average molecular weight is 380 g/mol. The molecule has 2 aromatic rings. The molecule has 1 fully saturated rings. The van der Waals surface area contributed by atoms with Crippen LogP contribution >= 0.6 is 0 Å². The van der Waals surface area contributed by atoms with E-state index in [0.29, 0.717) is 6.54 Å². The van der Waals surface area contributed by atoms with Crippen LogP contribution < -0.4 is 10.2 Å². The van der Waals surface area contributed by atoms with E-state index in [1.54, 1.807) is 23.1 Å². The van der Waals surface area contributed by atoms with Crippen molar-refractivity contribution in [3.05, 3.63) is 65.2 Å².